The van der Waals surface area contributed by atoms with Gasteiger partial charge in [0.2, 0.25) is 0 Å². The van der Waals surface area contributed by atoms with E-state index in [9.17, 15) is 14.3 Å². The molecule has 0 saturated carbocycles. The summed E-state index contributed by atoms with van der Waals surface area (Å²) in [6, 6.07) is 10.2. The third-order valence-electron chi connectivity index (χ3n) is 2.33. The maximum atomic E-state index is 13.0. The standard InChI is InChI=1S/C13H9BrFNO2/c14-10-3-1-2-4-11(10)16-13(18)9-7-8(15)5-6-12(9)17/h1-7,17H,(H,16,18). The predicted octanol–water partition coefficient (Wildman–Crippen LogP) is 3.55. The lowest BCUT2D eigenvalue weighted by atomic mass is 10.1. The Labute approximate surface area is 111 Å². The molecule has 92 valence electrons. The molecule has 0 unspecified atom stereocenters. The molecule has 0 heterocycles. The molecule has 5 heteroatoms. The summed E-state index contributed by atoms with van der Waals surface area (Å²) in [4.78, 5) is 11.9. The molecule has 2 N–H and O–H groups in total. The van der Waals surface area contributed by atoms with E-state index in [2.05, 4.69) is 21.2 Å². The average Bonchev–Trinajstić information content (AvgIpc) is 2.35. The molecule has 2 aromatic carbocycles. The van der Waals surface area contributed by atoms with Gasteiger partial charge in [0.05, 0.1) is 11.3 Å². The van der Waals surface area contributed by atoms with Crippen LogP contribution in [0.4, 0.5) is 10.1 Å². The van der Waals surface area contributed by atoms with Crippen molar-refractivity contribution < 1.29 is 14.3 Å². The number of rotatable bonds is 2. The Morgan fingerprint density at radius 2 is 1.94 bits per heavy atom. The van der Waals surface area contributed by atoms with Crippen LogP contribution in [0.15, 0.2) is 46.9 Å². The summed E-state index contributed by atoms with van der Waals surface area (Å²) < 4.78 is 13.7. The molecule has 0 aromatic heterocycles. The van der Waals surface area contributed by atoms with Gasteiger partial charge in [-0.2, -0.15) is 0 Å². The molecular formula is C13H9BrFNO2. The molecule has 0 bridgehead atoms. The van der Waals surface area contributed by atoms with Crippen molar-refractivity contribution in [1.29, 1.82) is 0 Å². The van der Waals surface area contributed by atoms with Crippen LogP contribution in [-0.4, -0.2) is 11.0 Å². The Kier molecular flexibility index (Phi) is 3.62. The highest BCUT2D eigenvalue weighted by Crippen LogP contribution is 2.24. The molecule has 18 heavy (non-hydrogen) atoms. The number of anilines is 1. The van der Waals surface area contributed by atoms with E-state index in [1.807, 2.05) is 0 Å². The second-order valence-electron chi connectivity index (χ2n) is 3.60. The van der Waals surface area contributed by atoms with Gasteiger partial charge in [-0.25, -0.2) is 4.39 Å². The van der Waals surface area contributed by atoms with Crippen molar-refractivity contribution in [2.24, 2.45) is 0 Å². The Morgan fingerprint density at radius 1 is 1.22 bits per heavy atom. The molecule has 0 spiro atoms. The maximum absolute atomic E-state index is 13.0. The van der Waals surface area contributed by atoms with Crippen LogP contribution in [0.25, 0.3) is 0 Å². The quantitative estimate of drug-likeness (QED) is 0.891. The first-order chi connectivity index (χ1) is 8.58. The number of nitrogens with one attached hydrogen (secondary N) is 1. The number of phenolic OH excluding ortho intramolecular Hbond substituents is 1. The third-order valence-corrected chi connectivity index (χ3v) is 3.02. The van der Waals surface area contributed by atoms with Crippen molar-refractivity contribution in [3.05, 3.63) is 58.3 Å². The second-order valence-corrected chi connectivity index (χ2v) is 4.45. The van der Waals surface area contributed by atoms with Crippen molar-refractivity contribution >= 4 is 27.5 Å². The molecule has 0 radical (unpaired) electrons. The van der Waals surface area contributed by atoms with E-state index in [-0.39, 0.29) is 11.3 Å². The van der Waals surface area contributed by atoms with Gasteiger partial charge in [0.15, 0.2) is 0 Å². The van der Waals surface area contributed by atoms with Crippen LogP contribution in [0, 0.1) is 5.82 Å². The fourth-order valence-corrected chi connectivity index (χ4v) is 1.83. The van der Waals surface area contributed by atoms with Gasteiger partial charge in [0.1, 0.15) is 11.6 Å². The Hall–Kier alpha value is -1.88. The number of carbonyl (C=O) groups excluding carboxylic acids is 1. The summed E-state index contributed by atoms with van der Waals surface area (Å²) >= 11 is 3.28. The zero-order valence-electron chi connectivity index (χ0n) is 9.15. The van der Waals surface area contributed by atoms with E-state index < -0.39 is 11.7 Å². The predicted molar refractivity (Wildman–Crippen MR) is 70.2 cm³/mol. The summed E-state index contributed by atoms with van der Waals surface area (Å²) in [5, 5.41) is 12.1. The van der Waals surface area contributed by atoms with Gasteiger partial charge in [-0.1, -0.05) is 12.1 Å². The monoisotopic (exact) mass is 309 g/mol. The number of hydrogen-bond acceptors (Lipinski definition) is 2. The normalized spacial score (nSPS) is 10.1. The summed E-state index contributed by atoms with van der Waals surface area (Å²) in [7, 11) is 0. The number of halogens is 2. The highest BCUT2D eigenvalue weighted by Gasteiger charge is 2.13. The fourth-order valence-electron chi connectivity index (χ4n) is 1.44. The zero-order chi connectivity index (χ0) is 13.1. The molecule has 2 aromatic rings. The van der Waals surface area contributed by atoms with Crippen LogP contribution < -0.4 is 5.32 Å². The number of phenols is 1. The zero-order valence-corrected chi connectivity index (χ0v) is 10.7. The lowest BCUT2D eigenvalue weighted by Gasteiger charge is -2.08. The van der Waals surface area contributed by atoms with Gasteiger partial charge < -0.3 is 10.4 Å². The van der Waals surface area contributed by atoms with Gasteiger partial charge in [-0.3, -0.25) is 4.79 Å². The average molecular weight is 310 g/mol. The minimum atomic E-state index is -0.579. The lowest BCUT2D eigenvalue weighted by Crippen LogP contribution is -2.12. The lowest BCUT2D eigenvalue weighted by molar-refractivity contribution is 0.102. The second kappa shape index (κ2) is 5.18. The number of aromatic hydroxyl groups is 1. The summed E-state index contributed by atoms with van der Waals surface area (Å²) in [6.45, 7) is 0. The molecule has 0 aliphatic heterocycles. The van der Waals surface area contributed by atoms with Crippen molar-refractivity contribution in [3.63, 3.8) is 0 Å². The summed E-state index contributed by atoms with van der Waals surface area (Å²) in [5.74, 6) is -1.41. The molecule has 0 saturated heterocycles. The van der Waals surface area contributed by atoms with Crippen LogP contribution in [-0.2, 0) is 0 Å². The van der Waals surface area contributed by atoms with Gasteiger partial charge in [0.25, 0.3) is 5.91 Å². The first-order valence-corrected chi connectivity index (χ1v) is 5.91. The molecule has 0 aliphatic carbocycles. The number of para-hydroxylation sites is 1. The highest BCUT2D eigenvalue weighted by molar-refractivity contribution is 9.10. The minimum Gasteiger partial charge on any atom is -0.507 e. The van der Waals surface area contributed by atoms with E-state index in [1.165, 1.54) is 0 Å². The van der Waals surface area contributed by atoms with E-state index in [0.29, 0.717) is 10.2 Å². The van der Waals surface area contributed by atoms with Crippen molar-refractivity contribution in [1.82, 2.24) is 0 Å². The van der Waals surface area contributed by atoms with Crippen molar-refractivity contribution in [3.8, 4) is 5.75 Å². The number of carbonyl (C=O) groups is 1. The topological polar surface area (TPSA) is 49.3 Å². The largest absolute Gasteiger partial charge is 0.507 e. The highest BCUT2D eigenvalue weighted by atomic mass is 79.9. The van der Waals surface area contributed by atoms with E-state index in [0.717, 1.165) is 18.2 Å². The molecule has 0 aliphatic rings. The Balaban J connectivity index is 2.28. The summed E-state index contributed by atoms with van der Waals surface area (Å²) in [6.07, 6.45) is 0. The molecule has 1 amide bonds. The Morgan fingerprint density at radius 3 is 2.67 bits per heavy atom. The molecule has 3 nitrogen and oxygen atoms in total. The van der Waals surface area contributed by atoms with Gasteiger partial charge >= 0.3 is 0 Å². The van der Waals surface area contributed by atoms with Crippen LogP contribution in [0.1, 0.15) is 10.4 Å². The molecular weight excluding hydrogens is 301 g/mol. The van der Waals surface area contributed by atoms with Crippen LogP contribution >= 0.6 is 15.9 Å². The summed E-state index contributed by atoms with van der Waals surface area (Å²) in [5.41, 5.74) is 0.442. The van der Waals surface area contributed by atoms with Crippen LogP contribution in [0.2, 0.25) is 0 Å². The molecule has 0 fully saturated rings. The fraction of sp³-hybridized carbons (Fsp3) is 0. The van der Waals surface area contributed by atoms with Gasteiger partial charge in [-0.05, 0) is 46.3 Å². The molecule has 2 rings (SSSR count). The first kappa shape index (κ1) is 12.6. The Bertz CT molecular complexity index is 601. The first-order valence-electron chi connectivity index (χ1n) is 5.12. The molecule has 0 atom stereocenters. The van der Waals surface area contributed by atoms with E-state index in [1.54, 1.807) is 24.3 Å². The number of hydrogen-bond donors (Lipinski definition) is 2. The van der Waals surface area contributed by atoms with E-state index >= 15 is 0 Å². The van der Waals surface area contributed by atoms with E-state index in [4.69, 9.17) is 0 Å². The van der Waals surface area contributed by atoms with Crippen molar-refractivity contribution in [2.75, 3.05) is 5.32 Å². The van der Waals surface area contributed by atoms with Crippen LogP contribution in [0.3, 0.4) is 0 Å². The number of amides is 1. The van der Waals surface area contributed by atoms with Gasteiger partial charge in [-0.15, -0.1) is 0 Å². The van der Waals surface area contributed by atoms with Gasteiger partial charge in [0, 0.05) is 4.47 Å². The minimum absolute atomic E-state index is 0.106. The SMILES string of the molecule is O=C(Nc1ccccc1Br)c1cc(F)ccc1O. The smallest absolute Gasteiger partial charge is 0.259 e. The number of benzene rings is 2. The maximum Gasteiger partial charge on any atom is 0.259 e. The third kappa shape index (κ3) is 2.68. The van der Waals surface area contributed by atoms with Crippen molar-refractivity contribution in [2.45, 2.75) is 0 Å². The van der Waals surface area contributed by atoms with Crippen LogP contribution in [0.5, 0.6) is 5.75 Å².